The van der Waals surface area contributed by atoms with Crippen molar-refractivity contribution in [3.8, 4) is 5.75 Å². The van der Waals surface area contributed by atoms with Gasteiger partial charge < -0.3 is 9.47 Å². The van der Waals surface area contributed by atoms with E-state index < -0.39 is 18.4 Å². The molecule has 0 N–H and O–H groups in total. The molecule has 0 bridgehead atoms. The summed E-state index contributed by atoms with van der Waals surface area (Å²) in [5.74, 6) is 0.817. The molecule has 0 amide bonds. The SMILES string of the molecule is CC1(C)CN=C(c2cc(OCC(F)(F)F)c(C3CC3)cn2)O1. The Labute approximate surface area is 126 Å². The molecule has 1 aliphatic carbocycles. The van der Waals surface area contributed by atoms with Crippen molar-refractivity contribution in [2.45, 2.75) is 44.4 Å². The van der Waals surface area contributed by atoms with Crippen LogP contribution in [0.3, 0.4) is 0 Å². The molecule has 1 fully saturated rings. The summed E-state index contributed by atoms with van der Waals surface area (Å²) in [5, 5.41) is 0. The lowest BCUT2D eigenvalue weighted by atomic mass is 10.1. The van der Waals surface area contributed by atoms with E-state index in [2.05, 4.69) is 9.98 Å². The van der Waals surface area contributed by atoms with Crippen molar-refractivity contribution in [3.63, 3.8) is 0 Å². The number of aliphatic imine (C=N–C) groups is 1. The molecule has 0 atom stereocenters. The van der Waals surface area contributed by atoms with Crippen molar-refractivity contribution in [1.82, 2.24) is 4.98 Å². The maximum atomic E-state index is 12.4. The molecule has 0 saturated heterocycles. The number of aromatic nitrogens is 1. The van der Waals surface area contributed by atoms with Crippen LogP contribution < -0.4 is 4.74 Å². The fourth-order valence-electron chi connectivity index (χ4n) is 2.27. The third kappa shape index (κ3) is 3.51. The van der Waals surface area contributed by atoms with E-state index in [1.807, 2.05) is 13.8 Å². The lowest BCUT2D eigenvalue weighted by molar-refractivity contribution is -0.153. The van der Waals surface area contributed by atoms with Gasteiger partial charge in [0.15, 0.2) is 6.61 Å². The van der Waals surface area contributed by atoms with Crippen molar-refractivity contribution in [3.05, 3.63) is 23.5 Å². The number of ether oxygens (including phenoxy) is 2. The lowest BCUT2D eigenvalue weighted by Gasteiger charge is -2.18. The topological polar surface area (TPSA) is 43.7 Å². The van der Waals surface area contributed by atoms with Gasteiger partial charge in [0.05, 0.1) is 6.54 Å². The zero-order valence-corrected chi connectivity index (χ0v) is 12.4. The Bertz CT molecular complexity index is 607. The Hall–Kier alpha value is -1.79. The zero-order chi connectivity index (χ0) is 16.0. The third-order valence-corrected chi connectivity index (χ3v) is 3.50. The third-order valence-electron chi connectivity index (χ3n) is 3.50. The van der Waals surface area contributed by atoms with Crippen LogP contribution in [0.2, 0.25) is 0 Å². The summed E-state index contributed by atoms with van der Waals surface area (Å²) in [6.07, 6.45) is -0.884. The standard InChI is InChI=1S/C15H17F3N2O2/c1-14(2)7-20-13(22-14)11-5-12(21-8-15(16,17)18)10(6-19-11)9-3-4-9/h5-6,9H,3-4,7-8H2,1-2H3. The molecule has 4 nitrogen and oxygen atoms in total. The molecule has 1 saturated carbocycles. The van der Waals surface area contributed by atoms with E-state index in [0.29, 0.717) is 18.1 Å². The molecule has 2 aliphatic rings. The van der Waals surface area contributed by atoms with Crippen molar-refractivity contribution in [1.29, 1.82) is 0 Å². The Balaban J connectivity index is 1.84. The summed E-state index contributed by atoms with van der Waals surface area (Å²) < 4.78 is 47.9. The first-order chi connectivity index (χ1) is 10.2. The molecular weight excluding hydrogens is 297 g/mol. The van der Waals surface area contributed by atoms with Crippen LogP contribution in [0.4, 0.5) is 13.2 Å². The summed E-state index contributed by atoms with van der Waals surface area (Å²) >= 11 is 0. The second-order valence-corrected chi connectivity index (χ2v) is 6.27. The summed E-state index contributed by atoms with van der Waals surface area (Å²) in [5.41, 5.74) is 0.720. The number of halogens is 3. The van der Waals surface area contributed by atoms with Crippen molar-refractivity contribution in [2.75, 3.05) is 13.2 Å². The smallest absolute Gasteiger partial charge is 0.422 e. The summed E-state index contributed by atoms with van der Waals surface area (Å²) in [4.78, 5) is 8.53. The van der Waals surface area contributed by atoms with Gasteiger partial charge in [0, 0.05) is 17.8 Å². The minimum atomic E-state index is -4.37. The molecule has 1 aromatic rings. The average Bonchev–Trinajstić information content (AvgIpc) is 3.19. The normalized spacial score (nSPS) is 20.5. The van der Waals surface area contributed by atoms with E-state index in [1.54, 1.807) is 6.20 Å². The Morgan fingerprint density at radius 3 is 2.64 bits per heavy atom. The Morgan fingerprint density at radius 1 is 1.36 bits per heavy atom. The molecule has 0 spiro atoms. The quantitative estimate of drug-likeness (QED) is 0.855. The van der Waals surface area contributed by atoms with Crippen LogP contribution in [-0.4, -0.2) is 35.8 Å². The van der Waals surface area contributed by atoms with E-state index in [-0.39, 0.29) is 11.7 Å². The molecule has 120 valence electrons. The highest BCUT2D eigenvalue weighted by atomic mass is 19.4. The molecule has 22 heavy (non-hydrogen) atoms. The fourth-order valence-corrected chi connectivity index (χ4v) is 2.27. The molecule has 0 unspecified atom stereocenters. The number of rotatable bonds is 4. The van der Waals surface area contributed by atoms with Gasteiger partial charge in [-0.25, -0.2) is 4.99 Å². The first-order valence-corrected chi connectivity index (χ1v) is 7.17. The predicted molar refractivity (Wildman–Crippen MR) is 74.3 cm³/mol. The Kier molecular flexibility index (Phi) is 3.53. The summed E-state index contributed by atoms with van der Waals surface area (Å²) in [6, 6.07) is 1.50. The highest BCUT2D eigenvalue weighted by Gasteiger charge is 2.33. The maximum absolute atomic E-state index is 12.4. The molecule has 0 radical (unpaired) electrons. The van der Waals surface area contributed by atoms with E-state index in [9.17, 15) is 13.2 Å². The van der Waals surface area contributed by atoms with Crippen LogP contribution in [-0.2, 0) is 4.74 Å². The maximum Gasteiger partial charge on any atom is 0.422 e. The first-order valence-electron chi connectivity index (χ1n) is 7.17. The predicted octanol–water partition coefficient (Wildman–Crippen LogP) is 3.46. The largest absolute Gasteiger partial charge is 0.484 e. The molecule has 0 aromatic carbocycles. The van der Waals surface area contributed by atoms with Gasteiger partial charge in [-0.15, -0.1) is 0 Å². The molecule has 2 heterocycles. The summed E-state index contributed by atoms with van der Waals surface area (Å²) in [6.45, 7) is 2.97. The number of alkyl halides is 3. The average molecular weight is 314 g/mol. The van der Waals surface area contributed by atoms with Gasteiger partial charge in [-0.1, -0.05) is 0 Å². The van der Waals surface area contributed by atoms with Gasteiger partial charge in [0.1, 0.15) is 17.0 Å². The van der Waals surface area contributed by atoms with Crippen LogP contribution in [0.1, 0.15) is 43.9 Å². The van der Waals surface area contributed by atoms with E-state index in [0.717, 1.165) is 18.4 Å². The number of pyridine rings is 1. The first kappa shape index (κ1) is 15.1. The molecule has 3 rings (SSSR count). The minimum absolute atomic E-state index is 0.223. The van der Waals surface area contributed by atoms with Crippen LogP contribution in [0.15, 0.2) is 17.3 Å². The lowest BCUT2D eigenvalue weighted by Crippen LogP contribution is -2.24. The van der Waals surface area contributed by atoms with Gasteiger partial charge >= 0.3 is 6.18 Å². The highest BCUT2D eigenvalue weighted by Crippen LogP contribution is 2.44. The van der Waals surface area contributed by atoms with Crippen molar-refractivity contribution >= 4 is 5.90 Å². The van der Waals surface area contributed by atoms with Gasteiger partial charge in [0.25, 0.3) is 0 Å². The molecule has 1 aliphatic heterocycles. The van der Waals surface area contributed by atoms with Gasteiger partial charge in [-0.2, -0.15) is 13.2 Å². The van der Waals surface area contributed by atoms with Crippen LogP contribution in [0.5, 0.6) is 5.75 Å². The van der Waals surface area contributed by atoms with E-state index >= 15 is 0 Å². The van der Waals surface area contributed by atoms with E-state index in [4.69, 9.17) is 9.47 Å². The van der Waals surface area contributed by atoms with Crippen molar-refractivity contribution < 1.29 is 22.6 Å². The van der Waals surface area contributed by atoms with Crippen LogP contribution in [0, 0.1) is 0 Å². The zero-order valence-electron chi connectivity index (χ0n) is 12.4. The molecule has 1 aromatic heterocycles. The van der Waals surface area contributed by atoms with Gasteiger partial charge in [-0.05, 0) is 32.6 Å². The number of nitrogens with zero attached hydrogens (tertiary/aromatic N) is 2. The highest BCUT2D eigenvalue weighted by molar-refractivity contribution is 5.94. The monoisotopic (exact) mass is 314 g/mol. The molecular formula is C15H17F3N2O2. The number of hydrogen-bond donors (Lipinski definition) is 0. The minimum Gasteiger partial charge on any atom is -0.484 e. The van der Waals surface area contributed by atoms with Crippen LogP contribution >= 0.6 is 0 Å². The second-order valence-electron chi connectivity index (χ2n) is 6.27. The van der Waals surface area contributed by atoms with Gasteiger partial charge in [0.2, 0.25) is 5.90 Å². The van der Waals surface area contributed by atoms with Crippen molar-refractivity contribution in [2.24, 2.45) is 4.99 Å². The van der Waals surface area contributed by atoms with E-state index in [1.165, 1.54) is 6.07 Å². The summed E-state index contributed by atoms with van der Waals surface area (Å²) in [7, 11) is 0. The fraction of sp³-hybridized carbons (Fsp3) is 0.600. The van der Waals surface area contributed by atoms with Gasteiger partial charge in [-0.3, -0.25) is 4.98 Å². The number of hydrogen-bond acceptors (Lipinski definition) is 4. The van der Waals surface area contributed by atoms with Crippen LogP contribution in [0.25, 0.3) is 0 Å². The Morgan fingerprint density at radius 2 is 2.09 bits per heavy atom. The second kappa shape index (κ2) is 5.14. The molecule has 7 heteroatoms.